The highest BCUT2D eigenvalue weighted by molar-refractivity contribution is 7.14. The molecule has 0 aliphatic heterocycles. The molecule has 29 heavy (non-hydrogen) atoms. The van der Waals surface area contributed by atoms with Gasteiger partial charge in [0.1, 0.15) is 5.82 Å². The Kier molecular flexibility index (Phi) is 6.36. The summed E-state index contributed by atoms with van der Waals surface area (Å²) in [4.78, 5) is 37.2. The van der Waals surface area contributed by atoms with Gasteiger partial charge in [-0.15, -0.1) is 11.3 Å². The fraction of sp³-hybridized carbons (Fsp3) is 0.0952. The first-order chi connectivity index (χ1) is 13.9. The Morgan fingerprint density at radius 3 is 2.31 bits per heavy atom. The van der Waals surface area contributed by atoms with Crippen LogP contribution in [0.15, 0.2) is 60.7 Å². The minimum atomic E-state index is -0.447. The number of anilines is 2. The molecule has 1 aromatic heterocycles. The van der Waals surface area contributed by atoms with Gasteiger partial charge in [-0.2, -0.15) is 0 Å². The van der Waals surface area contributed by atoms with E-state index in [1.54, 1.807) is 42.5 Å². The second kappa shape index (κ2) is 9.11. The van der Waals surface area contributed by atoms with E-state index in [1.165, 1.54) is 36.5 Å². The standard InChI is InChI=1S/C21H18FN3O3S/c1-13(26)23-12-18-8-9-19(29-18)21(28)25-16-6-2-4-14(10-16)20(27)24-17-7-3-5-15(22)11-17/h2-11H,12H2,1H3,(H,23,26)(H,24,27)(H,25,28). The van der Waals surface area contributed by atoms with Crippen molar-refractivity contribution in [3.8, 4) is 0 Å². The molecule has 0 bridgehead atoms. The van der Waals surface area contributed by atoms with Crippen LogP contribution in [0.4, 0.5) is 15.8 Å². The second-order valence-electron chi connectivity index (χ2n) is 6.18. The van der Waals surface area contributed by atoms with Crippen LogP contribution in [0.3, 0.4) is 0 Å². The Bertz CT molecular complexity index is 1060. The van der Waals surface area contributed by atoms with Crippen molar-refractivity contribution in [2.24, 2.45) is 0 Å². The number of amides is 3. The van der Waals surface area contributed by atoms with Gasteiger partial charge in [0, 0.05) is 28.7 Å². The predicted octanol–water partition coefficient (Wildman–Crippen LogP) is 4.03. The average molecular weight is 411 g/mol. The van der Waals surface area contributed by atoms with Crippen LogP contribution in [0.1, 0.15) is 31.8 Å². The van der Waals surface area contributed by atoms with Gasteiger partial charge in [0.05, 0.1) is 11.4 Å². The zero-order valence-corrected chi connectivity index (χ0v) is 16.3. The summed E-state index contributed by atoms with van der Waals surface area (Å²) in [6, 6.07) is 15.5. The summed E-state index contributed by atoms with van der Waals surface area (Å²) in [5, 5.41) is 8.04. The SMILES string of the molecule is CC(=O)NCc1ccc(C(=O)Nc2cccc(C(=O)Nc3cccc(F)c3)c2)s1. The Hall–Kier alpha value is -3.52. The smallest absolute Gasteiger partial charge is 0.265 e. The van der Waals surface area contributed by atoms with Crippen molar-refractivity contribution in [1.29, 1.82) is 0 Å². The number of rotatable bonds is 6. The highest BCUT2D eigenvalue weighted by Gasteiger charge is 2.12. The van der Waals surface area contributed by atoms with Gasteiger partial charge >= 0.3 is 0 Å². The quantitative estimate of drug-likeness (QED) is 0.572. The maximum Gasteiger partial charge on any atom is 0.265 e. The van der Waals surface area contributed by atoms with Crippen molar-refractivity contribution in [3.05, 3.63) is 81.8 Å². The van der Waals surface area contributed by atoms with Gasteiger partial charge in [-0.1, -0.05) is 12.1 Å². The summed E-state index contributed by atoms with van der Waals surface area (Å²) in [6.45, 7) is 1.79. The van der Waals surface area contributed by atoms with E-state index in [4.69, 9.17) is 0 Å². The van der Waals surface area contributed by atoms with Crippen molar-refractivity contribution in [2.75, 3.05) is 10.6 Å². The zero-order chi connectivity index (χ0) is 20.8. The molecule has 0 atom stereocenters. The minimum Gasteiger partial charge on any atom is -0.351 e. The van der Waals surface area contributed by atoms with Gasteiger partial charge in [0.15, 0.2) is 0 Å². The second-order valence-corrected chi connectivity index (χ2v) is 7.34. The molecule has 0 aliphatic carbocycles. The Morgan fingerprint density at radius 1 is 0.897 bits per heavy atom. The first kappa shape index (κ1) is 20.2. The third-order valence-corrected chi connectivity index (χ3v) is 4.95. The largest absolute Gasteiger partial charge is 0.351 e. The van der Waals surface area contributed by atoms with Gasteiger partial charge in [-0.05, 0) is 48.5 Å². The van der Waals surface area contributed by atoms with Crippen molar-refractivity contribution in [2.45, 2.75) is 13.5 Å². The topological polar surface area (TPSA) is 87.3 Å². The third kappa shape index (κ3) is 5.73. The Morgan fingerprint density at radius 2 is 1.59 bits per heavy atom. The van der Waals surface area contributed by atoms with Gasteiger partial charge in [0.2, 0.25) is 5.91 Å². The first-order valence-corrected chi connectivity index (χ1v) is 9.54. The van der Waals surface area contributed by atoms with Crippen LogP contribution in [-0.2, 0) is 11.3 Å². The van der Waals surface area contributed by atoms with Crippen LogP contribution in [-0.4, -0.2) is 17.7 Å². The number of halogens is 1. The Balaban J connectivity index is 1.65. The molecular weight excluding hydrogens is 393 g/mol. The van der Waals surface area contributed by atoms with E-state index in [-0.39, 0.29) is 11.8 Å². The van der Waals surface area contributed by atoms with Crippen LogP contribution in [0, 0.1) is 5.82 Å². The van der Waals surface area contributed by atoms with Crippen LogP contribution >= 0.6 is 11.3 Å². The summed E-state index contributed by atoms with van der Waals surface area (Å²) < 4.78 is 13.3. The molecular formula is C21H18FN3O3S. The number of carbonyl (C=O) groups is 3. The molecule has 3 amide bonds. The molecule has 3 rings (SSSR count). The van der Waals surface area contributed by atoms with Crippen molar-refractivity contribution in [1.82, 2.24) is 5.32 Å². The molecule has 8 heteroatoms. The highest BCUT2D eigenvalue weighted by atomic mass is 32.1. The number of hydrogen-bond donors (Lipinski definition) is 3. The lowest BCUT2D eigenvalue weighted by Crippen LogP contribution is -2.18. The van der Waals surface area contributed by atoms with Crippen LogP contribution in [0.5, 0.6) is 0 Å². The molecule has 0 saturated heterocycles. The molecule has 0 radical (unpaired) electrons. The monoisotopic (exact) mass is 411 g/mol. The molecule has 0 spiro atoms. The number of carbonyl (C=O) groups excluding carboxylic acids is 3. The highest BCUT2D eigenvalue weighted by Crippen LogP contribution is 2.19. The molecule has 0 unspecified atom stereocenters. The van der Waals surface area contributed by atoms with E-state index in [0.29, 0.717) is 28.4 Å². The van der Waals surface area contributed by atoms with Crippen LogP contribution < -0.4 is 16.0 Å². The van der Waals surface area contributed by atoms with E-state index in [0.717, 1.165) is 4.88 Å². The maximum atomic E-state index is 13.3. The lowest BCUT2D eigenvalue weighted by atomic mass is 10.1. The van der Waals surface area contributed by atoms with E-state index >= 15 is 0 Å². The van der Waals surface area contributed by atoms with Gasteiger partial charge in [-0.25, -0.2) is 4.39 Å². The van der Waals surface area contributed by atoms with E-state index in [1.807, 2.05) is 0 Å². The maximum absolute atomic E-state index is 13.3. The lowest BCUT2D eigenvalue weighted by Gasteiger charge is -2.08. The molecule has 2 aromatic carbocycles. The summed E-state index contributed by atoms with van der Waals surface area (Å²) in [5.74, 6) is -1.32. The molecule has 3 aromatic rings. The van der Waals surface area contributed by atoms with E-state index in [2.05, 4.69) is 16.0 Å². The van der Waals surface area contributed by atoms with Crippen LogP contribution in [0.2, 0.25) is 0 Å². The number of benzene rings is 2. The van der Waals surface area contributed by atoms with Gasteiger partial charge in [-0.3, -0.25) is 14.4 Å². The van der Waals surface area contributed by atoms with E-state index < -0.39 is 11.7 Å². The van der Waals surface area contributed by atoms with Crippen molar-refractivity contribution in [3.63, 3.8) is 0 Å². The fourth-order valence-electron chi connectivity index (χ4n) is 2.51. The first-order valence-electron chi connectivity index (χ1n) is 8.72. The molecule has 6 nitrogen and oxygen atoms in total. The molecule has 1 heterocycles. The predicted molar refractivity (Wildman–Crippen MR) is 111 cm³/mol. The summed E-state index contributed by atoms with van der Waals surface area (Å²) >= 11 is 1.27. The van der Waals surface area contributed by atoms with Crippen molar-refractivity contribution < 1.29 is 18.8 Å². The summed E-state index contributed by atoms with van der Waals surface area (Å²) in [5.41, 5.74) is 1.12. The van der Waals surface area contributed by atoms with Crippen LogP contribution in [0.25, 0.3) is 0 Å². The molecule has 0 fully saturated rings. The zero-order valence-electron chi connectivity index (χ0n) is 15.5. The molecule has 0 saturated carbocycles. The van der Waals surface area contributed by atoms with Gasteiger partial charge < -0.3 is 16.0 Å². The van der Waals surface area contributed by atoms with E-state index in [9.17, 15) is 18.8 Å². The number of hydrogen-bond acceptors (Lipinski definition) is 4. The minimum absolute atomic E-state index is 0.141. The molecule has 3 N–H and O–H groups in total. The van der Waals surface area contributed by atoms with Crippen molar-refractivity contribution >= 4 is 40.4 Å². The summed E-state index contributed by atoms with van der Waals surface area (Å²) in [7, 11) is 0. The fourth-order valence-corrected chi connectivity index (χ4v) is 3.35. The Labute approximate surface area is 170 Å². The molecule has 0 aliphatic rings. The normalized spacial score (nSPS) is 10.3. The number of nitrogens with one attached hydrogen (secondary N) is 3. The summed E-state index contributed by atoms with van der Waals surface area (Å²) in [6.07, 6.45) is 0. The number of thiophene rings is 1. The molecule has 148 valence electrons. The van der Waals surface area contributed by atoms with Gasteiger partial charge in [0.25, 0.3) is 11.8 Å². The average Bonchev–Trinajstić information content (AvgIpc) is 3.16. The lowest BCUT2D eigenvalue weighted by molar-refractivity contribution is -0.119. The third-order valence-electron chi connectivity index (χ3n) is 3.86.